The molecule has 2 aliphatic rings. The zero-order valence-electron chi connectivity index (χ0n) is 14.6. The first-order valence-corrected chi connectivity index (χ1v) is 9.31. The standard InChI is InChI=1S/C20H27NO4/c22-18(13-20(19(23)24)10-5-11-20)21-16-7-4-6-15(12-16)14-25-17-8-2-1-3-9-17/h4,6-7,12,17H,1-3,5,8-11,13-14H2,(H,21,22)(H,23,24). The van der Waals surface area contributed by atoms with Gasteiger partial charge in [-0.1, -0.05) is 37.8 Å². The van der Waals surface area contributed by atoms with Gasteiger partial charge in [-0.25, -0.2) is 0 Å². The summed E-state index contributed by atoms with van der Waals surface area (Å²) in [6.07, 6.45) is 8.51. The lowest BCUT2D eigenvalue weighted by molar-refractivity contribution is -0.157. The van der Waals surface area contributed by atoms with E-state index < -0.39 is 11.4 Å². The summed E-state index contributed by atoms with van der Waals surface area (Å²) in [5.74, 6) is -1.09. The maximum Gasteiger partial charge on any atom is 0.310 e. The minimum atomic E-state index is -0.858. The van der Waals surface area contributed by atoms with Crippen LogP contribution in [-0.2, 0) is 20.9 Å². The maximum absolute atomic E-state index is 12.2. The lowest BCUT2D eigenvalue weighted by atomic mass is 9.66. The van der Waals surface area contributed by atoms with Gasteiger partial charge in [0.1, 0.15) is 0 Å². The highest BCUT2D eigenvalue weighted by Crippen LogP contribution is 2.44. The first-order valence-electron chi connectivity index (χ1n) is 9.31. The number of amides is 1. The van der Waals surface area contributed by atoms with Gasteiger partial charge in [0.2, 0.25) is 5.91 Å². The molecule has 2 fully saturated rings. The predicted octanol–water partition coefficient (Wildman–Crippen LogP) is 4.12. The summed E-state index contributed by atoms with van der Waals surface area (Å²) in [4.78, 5) is 23.6. The summed E-state index contributed by atoms with van der Waals surface area (Å²) in [5, 5.41) is 12.2. The normalized spacial score (nSPS) is 19.8. The second kappa shape index (κ2) is 8.00. The van der Waals surface area contributed by atoms with Crippen molar-refractivity contribution in [3.8, 4) is 0 Å². The van der Waals surface area contributed by atoms with Gasteiger partial charge in [-0.05, 0) is 43.4 Å². The summed E-state index contributed by atoms with van der Waals surface area (Å²) in [7, 11) is 0. The van der Waals surface area contributed by atoms with Gasteiger partial charge in [-0.2, -0.15) is 0 Å². The van der Waals surface area contributed by atoms with Gasteiger partial charge in [0.05, 0.1) is 18.1 Å². The highest BCUT2D eigenvalue weighted by atomic mass is 16.5. The Bertz CT molecular complexity index is 618. The molecule has 25 heavy (non-hydrogen) atoms. The lowest BCUT2D eigenvalue weighted by Crippen LogP contribution is -2.41. The van der Waals surface area contributed by atoms with Crippen LogP contribution in [0.2, 0.25) is 0 Å². The molecular formula is C20H27NO4. The van der Waals surface area contributed by atoms with E-state index in [9.17, 15) is 14.7 Å². The molecule has 1 aromatic rings. The molecule has 2 aliphatic carbocycles. The van der Waals surface area contributed by atoms with Gasteiger partial charge in [0.25, 0.3) is 0 Å². The third-order valence-electron chi connectivity index (χ3n) is 5.51. The van der Waals surface area contributed by atoms with Gasteiger partial charge < -0.3 is 15.2 Å². The molecule has 0 aliphatic heterocycles. The molecule has 5 heteroatoms. The van der Waals surface area contributed by atoms with E-state index in [1.807, 2.05) is 24.3 Å². The number of aliphatic carboxylic acids is 1. The molecule has 0 bridgehead atoms. The number of carbonyl (C=O) groups excluding carboxylic acids is 1. The Kier molecular flexibility index (Phi) is 5.74. The first kappa shape index (κ1) is 17.9. The quantitative estimate of drug-likeness (QED) is 0.779. The van der Waals surface area contributed by atoms with E-state index in [0.717, 1.165) is 24.8 Å². The van der Waals surface area contributed by atoms with E-state index in [0.29, 0.717) is 31.2 Å². The van der Waals surface area contributed by atoms with Crippen molar-refractivity contribution in [3.63, 3.8) is 0 Å². The molecule has 0 aromatic heterocycles. The molecule has 136 valence electrons. The molecular weight excluding hydrogens is 318 g/mol. The van der Waals surface area contributed by atoms with Crippen LogP contribution in [0, 0.1) is 5.41 Å². The average Bonchev–Trinajstić information content (AvgIpc) is 2.57. The van der Waals surface area contributed by atoms with Crippen LogP contribution in [-0.4, -0.2) is 23.1 Å². The highest BCUT2D eigenvalue weighted by molar-refractivity contribution is 5.94. The zero-order chi connectivity index (χ0) is 17.7. The Labute approximate surface area is 148 Å². The molecule has 0 saturated heterocycles. The van der Waals surface area contributed by atoms with Crippen LogP contribution in [0.1, 0.15) is 63.4 Å². The van der Waals surface area contributed by atoms with Crippen LogP contribution in [0.15, 0.2) is 24.3 Å². The summed E-state index contributed by atoms with van der Waals surface area (Å²) < 4.78 is 5.98. The molecule has 2 saturated carbocycles. The Morgan fingerprint density at radius 1 is 1.16 bits per heavy atom. The third-order valence-corrected chi connectivity index (χ3v) is 5.51. The van der Waals surface area contributed by atoms with E-state index in [-0.39, 0.29) is 12.3 Å². The van der Waals surface area contributed by atoms with Crippen molar-refractivity contribution in [1.29, 1.82) is 0 Å². The number of rotatable bonds is 7. The largest absolute Gasteiger partial charge is 0.481 e. The molecule has 0 heterocycles. The molecule has 0 unspecified atom stereocenters. The number of anilines is 1. The zero-order valence-corrected chi connectivity index (χ0v) is 14.6. The number of hydrogen-bond donors (Lipinski definition) is 2. The Morgan fingerprint density at radius 3 is 2.56 bits per heavy atom. The minimum absolute atomic E-state index is 0.0468. The van der Waals surface area contributed by atoms with Crippen LogP contribution in [0.25, 0.3) is 0 Å². The van der Waals surface area contributed by atoms with Crippen molar-refractivity contribution in [3.05, 3.63) is 29.8 Å². The van der Waals surface area contributed by atoms with Gasteiger partial charge in [0.15, 0.2) is 0 Å². The van der Waals surface area contributed by atoms with E-state index in [1.165, 1.54) is 19.3 Å². The molecule has 5 nitrogen and oxygen atoms in total. The van der Waals surface area contributed by atoms with E-state index in [2.05, 4.69) is 5.32 Å². The third kappa shape index (κ3) is 4.60. The van der Waals surface area contributed by atoms with Crippen molar-refractivity contribution >= 4 is 17.6 Å². The Hall–Kier alpha value is -1.88. The van der Waals surface area contributed by atoms with Gasteiger partial charge in [-0.15, -0.1) is 0 Å². The summed E-state index contributed by atoms with van der Waals surface area (Å²) in [6, 6.07) is 7.62. The van der Waals surface area contributed by atoms with Gasteiger partial charge >= 0.3 is 5.97 Å². The second-order valence-electron chi connectivity index (χ2n) is 7.44. The fourth-order valence-corrected chi connectivity index (χ4v) is 3.77. The number of carboxylic acid groups (broad SMARTS) is 1. The highest BCUT2D eigenvalue weighted by Gasteiger charge is 2.45. The van der Waals surface area contributed by atoms with Gasteiger partial charge in [0, 0.05) is 12.1 Å². The van der Waals surface area contributed by atoms with E-state index in [1.54, 1.807) is 0 Å². The monoisotopic (exact) mass is 345 g/mol. The fourth-order valence-electron chi connectivity index (χ4n) is 3.77. The number of ether oxygens (including phenoxy) is 1. The minimum Gasteiger partial charge on any atom is -0.481 e. The Balaban J connectivity index is 1.52. The van der Waals surface area contributed by atoms with Crippen molar-refractivity contribution in [1.82, 2.24) is 0 Å². The topological polar surface area (TPSA) is 75.6 Å². The van der Waals surface area contributed by atoms with Crippen LogP contribution < -0.4 is 5.32 Å². The molecule has 0 spiro atoms. The van der Waals surface area contributed by atoms with Crippen molar-refractivity contribution in [2.45, 2.75) is 70.5 Å². The van der Waals surface area contributed by atoms with Gasteiger partial charge in [-0.3, -0.25) is 9.59 Å². The van der Waals surface area contributed by atoms with E-state index >= 15 is 0 Å². The number of nitrogens with one attached hydrogen (secondary N) is 1. The maximum atomic E-state index is 12.2. The van der Waals surface area contributed by atoms with Crippen molar-refractivity contribution in [2.75, 3.05) is 5.32 Å². The first-order chi connectivity index (χ1) is 12.1. The van der Waals surface area contributed by atoms with Crippen LogP contribution in [0.5, 0.6) is 0 Å². The lowest BCUT2D eigenvalue weighted by Gasteiger charge is -2.36. The van der Waals surface area contributed by atoms with Crippen molar-refractivity contribution in [2.24, 2.45) is 5.41 Å². The van der Waals surface area contributed by atoms with Crippen molar-refractivity contribution < 1.29 is 19.4 Å². The van der Waals surface area contributed by atoms with Crippen LogP contribution in [0.4, 0.5) is 5.69 Å². The van der Waals surface area contributed by atoms with Crippen LogP contribution >= 0.6 is 0 Å². The Morgan fingerprint density at radius 2 is 1.92 bits per heavy atom. The molecule has 1 amide bonds. The summed E-state index contributed by atoms with van der Waals surface area (Å²) in [5.41, 5.74) is 0.876. The molecule has 3 rings (SSSR count). The average molecular weight is 345 g/mol. The molecule has 0 radical (unpaired) electrons. The van der Waals surface area contributed by atoms with E-state index in [4.69, 9.17) is 4.74 Å². The number of benzene rings is 1. The SMILES string of the molecule is O=C(CC1(C(=O)O)CCC1)Nc1cccc(COC2CCCCC2)c1. The number of carbonyl (C=O) groups is 2. The fraction of sp³-hybridized carbons (Fsp3) is 0.600. The molecule has 0 atom stereocenters. The summed E-state index contributed by atoms with van der Waals surface area (Å²) >= 11 is 0. The molecule has 1 aromatic carbocycles. The van der Waals surface area contributed by atoms with Crippen LogP contribution in [0.3, 0.4) is 0 Å². The summed E-state index contributed by atoms with van der Waals surface area (Å²) in [6.45, 7) is 0.549. The molecule has 2 N–H and O–H groups in total. The number of hydrogen-bond acceptors (Lipinski definition) is 3. The number of carboxylic acids is 1. The second-order valence-corrected chi connectivity index (χ2v) is 7.44. The predicted molar refractivity (Wildman–Crippen MR) is 95.3 cm³/mol. The smallest absolute Gasteiger partial charge is 0.310 e.